The van der Waals surface area contributed by atoms with Crippen molar-refractivity contribution >= 4 is 17.5 Å². The molecular formula is C19H27N3O2. The number of nitrogens with one attached hydrogen (secondary N) is 2. The second-order valence-electron chi connectivity index (χ2n) is 7.11. The van der Waals surface area contributed by atoms with Crippen LogP contribution in [0.5, 0.6) is 0 Å². The lowest BCUT2D eigenvalue weighted by Crippen LogP contribution is -2.46. The fourth-order valence-electron chi connectivity index (χ4n) is 3.49. The summed E-state index contributed by atoms with van der Waals surface area (Å²) < 4.78 is 0. The number of carbonyl (C=O) groups is 2. The van der Waals surface area contributed by atoms with E-state index in [4.69, 9.17) is 0 Å². The molecular weight excluding hydrogens is 302 g/mol. The maximum absolute atomic E-state index is 12.7. The lowest BCUT2D eigenvalue weighted by molar-refractivity contribution is -0.132. The Morgan fingerprint density at radius 2 is 1.83 bits per heavy atom. The van der Waals surface area contributed by atoms with Gasteiger partial charge in [-0.15, -0.1) is 0 Å². The van der Waals surface area contributed by atoms with E-state index < -0.39 is 5.92 Å². The van der Waals surface area contributed by atoms with E-state index in [1.54, 1.807) is 4.90 Å². The molecule has 3 rings (SSSR count). The van der Waals surface area contributed by atoms with Gasteiger partial charge in [0.15, 0.2) is 0 Å². The molecule has 2 saturated heterocycles. The first-order valence-electron chi connectivity index (χ1n) is 8.98. The van der Waals surface area contributed by atoms with Gasteiger partial charge in [-0.25, -0.2) is 0 Å². The van der Waals surface area contributed by atoms with Gasteiger partial charge < -0.3 is 15.5 Å². The topological polar surface area (TPSA) is 61.4 Å². The van der Waals surface area contributed by atoms with E-state index in [0.717, 1.165) is 31.6 Å². The zero-order valence-corrected chi connectivity index (χ0v) is 14.5. The highest BCUT2D eigenvalue weighted by Gasteiger charge is 2.38. The molecule has 2 aliphatic rings. The largest absolute Gasteiger partial charge is 0.353 e. The standard InChI is InChI=1S/C19H27N3O2/c1-13(2)14-3-5-16(6-4-14)22-12-9-17(19(22)24)18(23)21-15-7-10-20-11-8-15/h3-6,13,15,17,20H,7-12H2,1-2H3,(H,21,23). The number of nitrogens with zero attached hydrogens (tertiary/aromatic N) is 1. The molecule has 0 aromatic heterocycles. The molecule has 0 saturated carbocycles. The zero-order chi connectivity index (χ0) is 17.1. The van der Waals surface area contributed by atoms with Crippen LogP contribution in [0.4, 0.5) is 5.69 Å². The Bertz CT molecular complexity index is 591. The van der Waals surface area contributed by atoms with E-state index >= 15 is 0 Å². The van der Waals surface area contributed by atoms with E-state index in [1.807, 2.05) is 12.1 Å². The summed E-state index contributed by atoms with van der Waals surface area (Å²) in [5.74, 6) is -0.242. The molecule has 1 aromatic carbocycles. The molecule has 2 heterocycles. The number of hydrogen-bond donors (Lipinski definition) is 2. The highest BCUT2D eigenvalue weighted by Crippen LogP contribution is 2.27. The summed E-state index contributed by atoms with van der Waals surface area (Å²) in [5, 5.41) is 6.34. The van der Waals surface area contributed by atoms with Crippen LogP contribution >= 0.6 is 0 Å². The first kappa shape index (κ1) is 17.0. The zero-order valence-electron chi connectivity index (χ0n) is 14.5. The van der Waals surface area contributed by atoms with Gasteiger partial charge in [-0.1, -0.05) is 26.0 Å². The summed E-state index contributed by atoms with van der Waals surface area (Å²) in [5.41, 5.74) is 2.15. The van der Waals surface area contributed by atoms with Gasteiger partial charge in [-0.05, 0) is 56.0 Å². The molecule has 2 aliphatic heterocycles. The molecule has 0 bridgehead atoms. The molecule has 1 unspecified atom stereocenters. The van der Waals surface area contributed by atoms with Crippen molar-refractivity contribution in [2.75, 3.05) is 24.5 Å². The summed E-state index contributed by atoms with van der Waals surface area (Å²) in [7, 11) is 0. The maximum atomic E-state index is 12.7. The molecule has 0 aliphatic carbocycles. The van der Waals surface area contributed by atoms with E-state index in [9.17, 15) is 9.59 Å². The van der Waals surface area contributed by atoms with Gasteiger partial charge in [0.05, 0.1) is 0 Å². The molecule has 0 spiro atoms. The van der Waals surface area contributed by atoms with Crippen LogP contribution in [0.3, 0.4) is 0 Å². The van der Waals surface area contributed by atoms with Crippen LogP contribution in [0.1, 0.15) is 44.6 Å². The first-order chi connectivity index (χ1) is 11.6. The number of amides is 2. The van der Waals surface area contributed by atoms with Crippen molar-refractivity contribution in [3.8, 4) is 0 Å². The Kier molecular flexibility index (Phi) is 5.19. The lowest BCUT2D eigenvalue weighted by Gasteiger charge is -2.25. The van der Waals surface area contributed by atoms with Crippen LogP contribution < -0.4 is 15.5 Å². The van der Waals surface area contributed by atoms with Crippen molar-refractivity contribution in [3.63, 3.8) is 0 Å². The smallest absolute Gasteiger partial charge is 0.239 e. The van der Waals surface area contributed by atoms with E-state index in [2.05, 4.69) is 36.6 Å². The van der Waals surface area contributed by atoms with Gasteiger partial charge in [0.1, 0.15) is 5.92 Å². The number of benzene rings is 1. The summed E-state index contributed by atoms with van der Waals surface area (Å²) in [6.45, 7) is 6.77. The molecule has 24 heavy (non-hydrogen) atoms. The first-order valence-corrected chi connectivity index (χ1v) is 8.98. The van der Waals surface area contributed by atoms with Crippen molar-refractivity contribution in [2.24, 2.45) is 5.92 Å². The minimum absolute atomic E-state index is 0.0706. The van der Waals surface area contributed by atoms with Crippen molar-refractivity contribution in [1.29, 1.82) is 0 Å². The summed E-state index contributed by atoms with van der Waals surface area (Å²) in [6.07, 6.45) is 2.47. The van der Waals surface area contributed by atoms with Crippen LogP contribution in [0.2, 0.25) is 0 Å². The van der Waals surface area contributed by atoms with E-state index in [0.29, 0.717) is 18.9 Å². The minimum atomic E-state index is -0.537. The van der Waals surface area contributed by atoms with Crippen LogP contribution in [0.15, 0.2) is 24.3 Å². The number of rotatable bonds is 4. The van der Waals surface area contributed by atoms with Gasteiger partial charge in [-0.2, -0.15) is 0 Å². The average molecular weight is 329 g/mol. The van der Waals surface area contributed by atoms with Crippen LogP contribution in [-0.2, 0) is 9.59 Å². The molecule has 5 nitrogen and oxygen atoms in total. The van der Waals surface area contributed by atoms with Crippen LogP contribution in [-0.4, -0.2) is 37.5 Å². The van der Waals surface area contributed by atoms with Crippen LogP contribution in [0.25, 0.3) is 0 Å². The van der Waals surface area contributed by atoms with Gasteiger partial charge in [0, 0.05) is 18.3 Å². The highest BCUT2D eigenvalue weighted by atomic mass is 16.2. The predicted molar refractivity (Wildman–Crippen MR) is 95.0 cm³/mol. The lowest BCUT2D eigenvalue weighted by atomic mass is 10.0. The summed E-state index contributed by atoms with van der Waals surface area (Å²) in [4.78, 5) is 26.9. The van der Waals surface area contributed by atoms with E-state index in [-0.39, 0.29) is 17.9 Å². The van der Waals surface area contributed by atoms with Crippen molar-refractivity contribution in [2.45, 2.75) is 45.1 Å². The van der Waals surface area contributed by atoms with E-state index in [1.165, 1.54) is 5.56 Å². The quantitative estimate of drug-likeness (QED) is 0.831. The average Bonchev–Trinajstić information content (AvgIpc) is 2.97. The Morgan fingerprint density at radius 1 is 1.17 bits per heavy atom. The monoisotopic (exact) mass is 329 g/mol. The van der Waals surface area contributed by atoms with Gasteiger partial charge in [0.2, 0.25) is 11.8 Å². The molecule has 2 N–H and O–H groups in total. The molecule has 2 amide bonds. The number of piperidine rings is 1. The van der Waals surface area contributed by atoms with Gasteiger partial charge >= 0.3 is 0 Å². The second-order valence-corrected chi connectivity index (χ2v) is 7.11. The van der Waals surface area contributed by atoms with Gasteiger partial charge in [0.25, 0.3) is 0 Å². The second kappa shape index (κ2) is 7.34. The Labute approximate surface area is 143 Å². The third kappa shape index (κ3) is 3.61. The number of hydrogen-bond acceptors (Lipinski definition) is 3. The Balaban J connectivity index is 1.62. The Hall–Kier alpha value is -1.88. The molecule has 130 valence electrons. The Morgan fingerprint density at radius 3 is 2.46 bits per heavy atom. The summed E-state index contributed by atoms with van der Waals surface area (Å²) >= 11 is 0. The van der Waals surface area contributed by atoms with Gasteiger partial charge in [-0.3, -0.25) is 9.59 Å². The predicted octanol–water partition coefficient (Wildman–Crippen LogP) is 2.03. The number of carbonyl (C=O) groups excluding carboxylic acids is 2. The van der Waals surface area contributed by atoms with Crippen molar-refractivity contribution in [3.05, 3.63) is 29.8 Å². The molecule has 1 aromatic rings. The molecule has 5 heteroatoms. The summed E-state index contributed by atoms with van der Waals surface area (Å²) in [6, 6.07) is 8.30. The number of anilines is 1. The van der Waals surface area contributed by atoms with Crippen LogP contribution in [0, 0.1) is 5.92 Å². The third-order valence-electron chi connectivity index (χ3n) is 5.08. The van der Waals surface area contributed by atoms with Crippen molar-refractivity contribution < 1.29 is 9.59 Å². The third-order valence-corrected chi connectivity index (χ3v) is 5.08. The SMILES string of the molecule is CC(C)c1ccc(N2CCC(C(=O)NC3CCNCC3)C2=O)cc1. The molecule has 0 radical (unpaired) electrons. The molecule has 1 atom stereocenters. The van der Waals surface area contributed by atoms with Crippen molar-refractivity contribution in [1.82, 2.24) is 10.6 Å². The minimum Gasteiger partial charge on any atom is -0.353 e. The fraction of sp³-hybridized carbons (Fsp3) is 0.579. The highest BCUT2D eigenvalue weighted by molar-refractivity contribution is 6.09. The fourth-order valence-corrected chi connectivity index (χ4v) is 3.49. The normalized spacial score (nSPS) is 22.2. The maximum Gasteiger partial charge on any atom is 0.239 e. The molecule has 2 fully saturated rings.